The van der Waals surface area contributed by atoms with Crippen molar-refractivity contribution in [1.82, 2.24) is 25.1 Å². The number of hydrogen-bond donors (Lipinski definition) is 0. The van der Waals surface area contributed by atoms with E-state index in [-0.39, 0.29) is 6.04 Å². The highest BCUT2D eigenvalue weighted by molar-refractivity contribution is 5.56. The summed E-state index contributed by atoms with van der Waals surface area (Å²) in [5.74, 6) is 0.876. The lowest BCUT2D eigenvalue weighted by Crippen LogP contribution is -2.48. The van der Waals surface area contributed by atoms with Crippen LogP contribution in [0.4, 0.5) is 5.69 Å². The van der Waals surface area contributed by atoms with Crippen LogP contribution in [0.1, 0.15) is 34.1 Å². The van der Waals surface area contributed by atoms with Crippen molar-refractivity contribution in [2.75, 3.05) is 44.8 Å². The summed E-state index contributed by atoms with van der Waals surface area (Å²) in [6.07, 6.45) is 0. The third-order valence-corrected chi connectivity index (χ3v) is 6.30. The van der Waals surface area contributed by atoms with Crippen LogP contribution < -0.4 is 4.90 Å². The highest BCUT2D eigenvalue weighted by Gasteiger charge is 2.31. The highest BCUT2D eigenvalue weighted by atomic mass is 16.5. The van der Waals surface area contributed by atoms with E-state index in [0.29, 0.717) is 13.2 Å². The Kier molecular flexibility index (Phi) is 6.63. The van der Waals surface area contributed by atoms with Crippen LogP contribution in [0.2, 0.25) is 0 Å². The highest BCUT2D eigenvalue weighted by Crippen LogP contribution is 2.30. The molecule has 0 aliphatic carbocycles. The molecule has 2 aromatic carbocycles. The molecule has 1 aliphatic rings. The summed E-state index contributed by atoms with van der Waals surface area (Å²) in [6.45, 7) is 11.6. The largest absolute Gasteiger partial charge is 0.383 e. The molecule has 4 rings (SSSR count). The van der Waals surface area contributed by atoms with Gasteiger partial charge in [-0.1, -0.05) is 42.0 Å². The molecule has 2 heterocycles. The summed E-state index contributed by atoms with van der Waals surface area (Å²) < 4.78 is 7.14. The molecule has 1 saturated heterocycles. The first-order valence-corrected chi connectivity index (χ1v) is 10.9. The first-order chi connectivity index (χ1) is 15.1. The molecule has 31 heavy (non-hydrogen) atoms. The fourth-order valence-corrected chi connectivity index (χ4v) is 4.32. The van der Waals surface area contributed by atoms with Crippen molar-refractivity contribution in [1.29, 1.82) is 0 Å². The molecule has 1 aromatic heterocycles. The van der Waals surface area contributed by atoms with E-state index in [1.807, 2.05) is 4.68 Å². The van der Waals surface area contributed by atoms with Gasteiger partial charge in [0.05, 0.1) is 19.2 Å². The zero-order chi connectivity index (χ0) is 21.8. The zero-order valence-corrected chi connectivity index (χ0v) is 19.0. The maximum atomic E-state index is 5.26. The van der Waals surface area contributed by atoms with Crippen LogP contribution in [-0.2, 0) is 11.3 Å². The standard InChI is InChI=1S/C24H32N6O/c1-18-8-10-21(11-9-18)23(24-25-26-27-30(24)16-17-31-4)29-14-12-28(13-15-29)22-7-5-6-19(2)20(22)3/h5-11,23H,12-17H2,1-4H3/t23-/m0/s1. The minimum atomic E-state index is 0.0215. The summed E-state index contributed by atoms with van der Waals surface area (Å²) >= 11 is 0. The van der Waals surface area contributed by atoms with Gasteiger partial charge in [-0.3, -0.25) is 4.90 Å². The fraction of sp³-hybridized carbons (Fsp3) is 0.458. The van der Waals surface area contributed by atoms with Gasteiger partial charge in [-0.15, -0.1) is 5.10 Å². The van der Waals surface area contributed by atoms with Gasteiger partial charge in [0.2, 0.25) is 0 Å². The van der Waals surface area contributed by atoms with Gasteiger partial charge >= 0.3 is 0 Å². The van der Waals surface area contributed by atoms with Gasteiger partial charge in [0, 0.05) is 39.0 Å². The Hall–Kier alpha value is -2.77. The van der Waals surface area contributed by atoms with E-state index in [1.165, 1.54) is 27.9 Å². The Balaban J connectivity index is 1.59. The maximum Gasteiger partial charge on any atom is 0.173 e. The summed E-state index contributed by atoms with van der Waals surface area (Å²) in [6, 6.07) is 15.3. The minimum absolute atomic E-state index is 0.0215. The number of piperazine rings is 1. The number of aryl methyl sites for hydroxylation is 2. The first kappa shape index (κ1) is 21.5. The lowest BCUT2D eigenvalue weighted by atomic mass is 10.0. The zero-order valence-electron chi connectivity index (χ0n) is 19.0. The second kappa shape index (κ2) is 9.58. The molecule has 0 spiro atoms. The van der Waals surface area contributed by atoms with E-state index in [1.54, 1.807) is 7.11 Å². The molecule has 1 aliphatic heterocycles. The minimum Gasteiger partial charge on any atom is -0.383 e. The Morgan fingerprint density at radius 1 is 0.968 bits per heavy atom. The Labute approximate surface area is 184 Å². The molecule has 0 amide bonds. The van der Waals surface area contributed by atoms with Crippen molar-refractivity contribution in [2.45, 2.75) is 33.4 Å². The van der Waals surface area contributed by atoms with Crippen LogP contribution in [0.3, 0.4) is 0 Å². The topological polar surface area (TPSA) is 59.3 Å². The van der Waals surface area contributed by atoms with Crippen molar-refractivity contribution < 1.29 is 4.74 Å². The first-order valence-electron chi connectivity index (χ1n) is 10.9. The van der Waals surface area contributed by atoms with Crippen LogP contribution in [0.5, 0.6) is 0 Å². The van der Waals surface area contributed by atoms with Gasteiger partial charge in [-0.05, 0) is 54.0 Å². The molecule has 0 radical (unpaired) electrons. The number of rotatable bonds is 7. The van der Waals surface area contributed by atoms with E-state index in [0.717, 1.165) is 32.0 Å². The smallest absolute Gasteiger partial charge is 0.173 e. The van der Waals surface area contributed by atoms with Crippen LogP contribution in [0, 0.1) is 20.8 Å². The predicted octanol–water partition coefficient (Wildman–Crippen LogP) is 3.16. The van der Waals surface area contributed by atoms with Gasteiger partial charge in [0.15, 0.2) is 5.82 Å². The second-order valence-electron chi connectivity index (χ2n) is 8.31. The average molecular weight is 421 g/mol. The van der Waals surface area contributed by atoms with Crippen molar-refractivity contribution in [2.24, 2.45) is 0 Å². The molecule has 1 atom stereocenters. The number of methoxy groups -OCH3 is 1. The second-order valence-corrected chi connectivity index (χ2v) is 8.31. The van der Waals surface area contributed by atoms with Crippen LogP contribution in [0.15, 0.2) is 42.5 Å². The lowest BCUT2D eigenvalue weighted by molar-refractivity contribution is 0.171. The predicted molar refractivity (Wildman–Crippen MR) is 122 cm³/mol. The van der Waals surface area contributed by atoms with Crippen molar-refractivity contribution in [3.63, 3.8) is 0 Å². The molecule has 0 N–H and O–H groups in total. The summed E-state index contributed by atoms with van der Waals surface area (Å²) in [4.78, 5) is 5.00. The van der Waals surface area contributed by atoms with Gasteiger partial charge in [-0.25, -0.2) is 4.68 Å². The van der Waals surface area contributed by atoms with E-state index in [4.69, 9.17) is 4.74 Å². The molecule has 7 nitrogen and oxygen atoms in total. The number of anilines is 1. The summed E-state index contributed by atoms with van der Waals surface area (Å²) in [7, 11) is 1.70. The van der Waals surface area contributed by atoms with Gasteiger partial charge in [-0.2, -0.15) is 0 Å². The number of hydrogen-bond acceptors (Lipinski definition) is 6. The molecular weight excluding hydrogens is 388 g/mol. The van der Waals surface area contributed by atoms with Crippen molar-refractivity contribution in [3.8, 4) is 0 Å². The Morgan fingerprint density at radius 3 is 2.42 bits per heavy atom. The Bertz CT molecular complexity index is 992. The van der Waals surface area contributed by atoms with Crippen molar-refractivity contribution in [3.05, 3.63) is 70.5 Å². The van der Waals surface area contributed by atoms with Gasteiger partial charge in [0.1, 0.15) is 0 Å². The molecule has 164 valence electrons. The van der Waals surface area contributed by atoms with E-state index in [9.17, 15) is 0 Å². The summed E-state index contributed by atoms with van der Waals surface area (Å²) in [5, 5.41) is 12.7. The average Bonchev–Trinajstić information content (AvgIpc) is 3.24. The Morgan fingerprint density at radius 2 is 1.71 bits per heavy atom. The van der Waals surface area contributed by atoms with Crippen LogP contribution >= 0.6 is 0 Å². The quantitative estimate of drug-likeness (QED) is 0.585. The molecule has 0 unspecified atom stereocenters. The molecule has 1 fully saturated rings. The number of benzene rings is 2. The molecule has 0 saturated carbocycles. The lowest BCUT2D eigenvalue weighted by Gasteiger charge is -2.40. The van der Waals surface area contributed by atoms with Gasteiger partial charge in [0.25, 0.3) is 0 Å². The number of aromatic nitrogens is 4. The molecule has 0 bridgehead atoms. The molecule has 3 aromatic rings. The third-order valence-electron chi connectivity index (χ3n) is 6.30. The van der Waals surface area contributed by atoms with E-state index < -0.39 is 0 Å². The molecule has 7 heteroatoms. The number of tetrazole rings is 1. The fourth-order valence-electron chi connectivity index (χ4n) is 4.32. The monoisotopic (exact) mass is 420 g/mol. The third kappa shape index (κ3) is 4.62. The van der Waals surface area contributed by atoms with E-state index in [2.05, 4.69) is 88.6 Å². The van der Waals surface area contributed by atoms with E-state index >= 15 is 0 Å². The van der Waals surface area contributed by atoms with Crippen molar-refractivity contribution >= 4 is 5.69 Å². The normalized spacial score (nSPS) is 15.9. The van der Waals surface area contributed by atoms with Crippen LogP contribution in [0.25, 0.3) is 0 Å². The number of ether oxygens (including phenoxy) is 1. The summed E-state index contributed by atoms with van der Waals surface area (Å²) in [5.41, 5.74) is 6.53. The SMILES string of the molecule is COCCn1nnnc1[C@H](c1ccc(C)cc1)N1CCN(c2cccc(C)c2C)CC1. The molecular formula is C24H32N6O. The van der Waals surface area contributed by atoms with Crippen LogP contribution in [-0.4, -0.2) is 65.0 Å². The van der Waals surface area contributed by atoms with Gasteiger partial charge < -0.3 is 9.64 Å². The number of nitrogens with zero attached hydrogens (tertiary/aromatic N) is 6. The maximum absolute atomic E-state index is 5.26.